The van der Waals surface area contributed by atoms with Gasteiger partial charge in [-0.25, -0.2) is 0 Å². The van der Waals surface area contributed by atoms with Gasteiger partial charge in [0.05, 0.1) is 0 Å². The molecule has 0 aromatic heterocycles. The summed E-state index contributed by atoms with van der Waals surface area (Å²) in [5.41, 5.74) is 1.15. The molecule has 2 saturated carbocycles. The van der Waals surface area contributed by atoms with E-state index in [2.05, 4.69) is 27.4 Å². The van der Waals surface area contributed by atoms with E-state index in [4.69, 9.17) is 0 Å². The molecule has 0 spiro atoms. The molecule has 3 unspecified atom stereocenters. The first-order chi connectivity index (χ1) is 9.18. The van der Waals surface area contributed by atoms with E-state index in [0.29, 0.717) is 24.5 Å². The molecule has 0 bridgehead atoms. The second-order valence-corrected chi connectivity index (χ2v) is 7.88. The molecule has 2 aliphatic rings. The second kappa shape index (κ2) is 5.13. The van der Waals surface area contributed by atoms with Crippen LogP contribution in [0.2, 0.25) is 0 Å². The molecule has 2 aliphatic carbocycles. The molecule has 0 heterocycles. The van der Waals surface area contributed by atoms with Gasteiger partial charge < -0.3 is 4.79 Å². The first kappa shape index (κ1) is 15.5. The van der Waals surface area contributed by atoms with Crippen LogP contribution in [0.4, 0.5) is 0 Å². The second-order valence-electron chi connectivity index (χ2n) is 7.88. The highest BCUT2D eigenvalue weighted by Crippen LogP contribution is 2.60. The highest BCUT2D eigenvalue weighted by atomic mass is 16.1. The van der Waals surface area contributed by atoms with Crippen LogP contribution in [-0.2, 0) is 9.59 Å². The Bertz CT molecular complexity index is 446. The summed E-state index contributed by atoms with van der Waals surface area (Å²) in [5.74, 6) is 1.08. The summed E-state index contributed by atoms with van der Waals surface area (Å²) in [4.78, 5) is 24.0. The number of fused-ring (bicyclic) bond motifs is 1. The van der Waals surface area contributed by atoms with Crippen molar-refractivity contribution < 1.29 is 9.59 Å². The van der Waals surface area contributed by atoms with Crippen LogP contribution in [0.5, 0.6) is 0 Å². The van der Waals surface area contributed by atoms with E-state index < -0.39 is 0 Å². The highest BCUT2D eigenvalue weighted by molar-refractivity contribution is 5.86. The van der Waals surface area contributed by atoms with Crippen LogP contribution in [0, 0.1) is 22.7 Å². The summed E-state index contributed by atoms with van der Waals surface area (Å²) in [7, 11) is 0. The summed E-state index contributed by atoms with van der Waals surface area (Å²) in [6.07, 6.45) is 5.40. The summed E-state index contributed by atoms with van der Waals surface area (Å²) < 4.78 is 0. The van der Waals surface area contributed by atoms with Crippen molar-refractivity contribution in [3.63, 3.8) is 0 Å². The Morgan fingerprint density at radius 3 is 2.55 bits per heavy atom. The Labute approximate surface area is 123 Å². The quantitative estimate of drug-likeness (QED) is 0.719. The van der Waals surface area contributed by atoms with Crippen LogP contribution in [-0.4, -0.2) is 11.6 Å². The van der Waals surface area contributed by atoms with Gasteiger partial charge in [-0.1, -0.05) is 39.3 Å². The van der Waals surface area contributed by atoms with Crippen molar-refractivity contribution in [2.75, 3.05) is 0 Å². The van der Waals surface area contributed by atoms with Crippen LogP contribution >= 0.6 is 0 Å². The Hall–Kier alpha value is -0.920. The zero-order valence-electron chi connectivity index (χ0n) is 13.4. The first-order valence-corrected chi connectivity index (χ1v) is 7.88. The molecule has 0 radical (unpaired) electrons. The lowest BCUT2D eigenvalue weighted by Crippen LogP contribution is -2.53. The summed E-state index contributed by atoms with van der Waals surface area (Å²) in [5, 5.41) is 0. The van der Waals surface area contributed by atoms with E-state index in [1.54, 1.807) is 6.92 Å². The van der Waals surface area contributed by atoms with Crippen molar-refractivity contribution in [2.24, 2.45) is 22.7 Å². The van der Waals surface area contributed by atoms with E-state index in [0.717, 1.165) is 24.8 Å². The van der Waals surface area contributed by atoms with E-state index >= 15 is 0 Å². The number of Topliss-reactive ketones (excluding diaryl/α,β-unsaturated/α-hetero) is 2. The third-order valence-corrected chi connectivity index (χ3v) is 5.77. The molecule has 112 valence electrons. The van der Waals surface area contributed by atoms with Gasteiger partial charge in [0.25, 0.3) is 0 Å². The molecule has 2 heteroatoms. The van der Waals surface area contributed by atoms with Gasteiger partial charge in [0, 0.05) is 18.8 Å². The van der Waals surface area contributed by atoms with Crippen molar-refractivity contribution >= 4 is 11.6 Å². The summed E-state index contributed by atoms with van der Waals surface area (Å²) >= 11 is 0. The molecule has 2 rings (SSSR count). The fourth-order valence-corrected chi connectivity index (χ4v) is 5.08. The van der Waals surface area contributed by atoms with E-state index in [9.17, 15) is 9.59 Å². The topological polar surface area (TPSA) is 34.1 Å². The molecular weight excluding hydrogens is 248 g/mol. The highest BCUT2D eigenvalue weighted by Gasteiger charge is 2.56. The molecular formula is C18H28O2. The molecule has 0 aromatic rings. The Morgan fingerprint density at radius 1 is 1.30 bits per heavy atom. The van der Waals surface area contributed by atoms with Gasteiger partial charge in [-0.3, -0.25) is 4.79 Å². The number of hydrogen-bond acceptors (Lipinski definition) is 2. The summed E-state index contributed by atoms with van der Waals surface area (Å²) in [6.45, 7) is 12.6. The SMILES string of the molecule is C=C1CC(=O)C2C(C)(C)CCCC2(C)C1CCC(C)=O. The lowest BCUT2D eigenvalue weighted by Gasteiger charge is -2.56. The van der Waals surface area contributed by atoms with Gasteiger partial charge in [0.2, 0.25) is 0 Å². The van der Waals surface area contributed by atoms with Crippen LogP contribution < -0.4 is 0 Å². The molecule has 2 fully saturated rings. The van der Waals surface area contributed by atoms with Gasteiger partial charge in [-0.15, -0.1) is 0 Å². The normalized spacial score (nSPS) is 36.6. The van der Waals surface area contributed by atoms with Gasteiger partial charge in [0.15, 0.2) is 0 Å². The maximum absolute atomic E-state index is 12.6. The minimum atomic E-state index is 0.00359. The molecule has 20 heavy (non-hydrogen) atoms. The van der Waals surface area contributed by atoms with Crippen LogP contribution in [0.15, 0.2) is 12.2 Å². The van der Waals surface area contributed by atoms with Crippen LogP contribution in [0.1, 0.15) is 66.2 Å². The van der Waals surface area contributed by atoms with Crippen LogP contribution in [0.3, 0.4) is 0 Å². The van der Waals surface area contributed by atoms with Crippen molar-refractivity contribution in [1.29, 1.82) is 0 Å². The first-order valence-electron chi connectivity index (χ1n) is 7.88. The zero-order valence-corrected chi connectivity index (χ0v) is 13.4. The maximum Gasteiger partial charge on any atom is 0.141 e. The standard InChI is InChI=1S/C18H28O2/c1-12-11-15(20)16-17(3,4)9-6-10-18(16,5)14(12)8-7-13(2)19/h14,16H,1,6-11H2,2-5H3. The largest absolute Gasteiger partial charge is 0.300 e. The molecule has 0 N–H and O–H groups in total. The lowest BCUT2D eigenvalue weighted by atomic mass is 9.46. The number of hydrogen-bond donors (Lipinski definition) is 0. The van der Waals surface area contributed by atoms with Crippen molar-refractivity contribution in [3.05, 3.63) is 12.2 Å². The smallest absolute Gasteiger partial charge is 0.141 e. The van der Waals surface area contributed by atoms with Crippen molar-refractivity contribution in [2.45, 2.75) is 66.2 Å². The third-order valence-electron chi connectivity index (χ3n) is 5.77. The Balaban J connectivity index is 2.34. The minimum absolute atomic E-state index is 0.00359. The van der Waals surface area contributed by atoms with Gasteiger partial charge in [-0.2, -0.15) is 0 Å². The minimum Gasteiger partial charge on any atom is -0.300 e. The fraction of sp³-hybridized carbons (Fsp3) is 0.778. The molecule has 0 amide bonds. The number of carbonyl (C=O) groups excluding carboxylic acids is 2. The maximum atomic E-state index is 12.6. The lowest BCUT2D eigenvalue weighted by molar-refractivity contribution is -0.143. The van der Waals surface area contributed by atoms with Crippen LogP contribution in [0.25, 0.3) is 0 Å². The summed E-state index contributed by atoms with van der Waals surface area (Å²) in [6, 6.07) is 0. The molecule has 2 nitrogen and oxygen atoms in total. The average Bonchev–Trinajstić information content (AvgIpc) is 2.25. The Kier molecular flexibility index (Phi) is 3.96. The van der Waals surface area contributed by atoms with Crippen molar-refractivity contribution in [1.82, 2.24) is 0 Å². The molecule has 0 aliphatic heterocycles. The number of allylic oxidation sites excluding steroid dienone is 1. The van der Waals surface area contributed by atoms with E-state index in [1.807, 2.05) is 0 Å². The monoisotopic (exact) mass is 276 g/mol. The average molecular weight is 276 g/mol. The third kappa shape index (κ3) is 2.49. The van der Waals surface area contributed by atoms with E-state index in [-0.39, 0.29) is 22.5 Å². The van der Waals surface area contributed by atoms with E-state index in [1.165, 1.54) is 6.42 Å². The van der Waals surface area contributed by atoms with Crippen molar-refractivity contribution in [3.8, 4) is 0 Å². The molecule has 0 saturated heterocycles. The number of carbonyl (C=O) groups is 2. The zero-order chi connectivity index (χ0) is 15.1. The molecule has 3 atom stereocenters. The van der Waals surface area contributed by atoms with Gasteiger partial charge in [0.1, 0.15) is 11.6 Å². The predicted octanol–water partition coefficient (Wildman–Crippen LogP) is 4.33. The van der Waals surface area contributed by atoms with Gasteiger partial charge in [-0.05, 0) is 42.9 Å². The molecule has 0 aromatic carbocycles. The number of rotatable bonds is 3. The Morgan fingerprint density at radius 2 is 1.95 bits per heavy atom. The number of ketones is 2. The van der Waals surface area contributed by atoms with Gasteiger partial charge >= 0.3 is 0 Å². The predicted molar refractivity (Wildman–Crippen MR) is 81.4 cm³/mol. The fourth-order valence-electron chi connectivity index (χ4n) is 5.08.